The monoisotopic (exact) mass is 336 g/mol. The van der Waals surface area contributed by atoms with Crippen LogP contribution in [-0.4, -0.2) is 43.3 Å². The highest BCUT2D eigenvalue weighted by molar-refractivity contribution is 5.67. The summed E-state index contributed by atoms with van der Waals surface area (Å²) in [5.74, 6) is 0. The molecule has 1 N–H and O–H groups in total. The number of rotatable bonds is 5. The van der Waals surface area contributed by atoms with E-state index in [1.165, 1.54) is 23.1 Å². The second kappa shape index (κ2) is 8.13. The minimum Gasteiger partial charge on any atom is -0.381 e. The van der Waals surface area contributed by atoms with Crippen molar-refractivity contribution in [2.75, 3.05) is 26.3 Å². The maximum Gasteiger partial charge on any atom is 0.0480 e. The highest BCUT2D eigenvalue weighted by Gasteiger charge is 2.30. The molecule has 2 aromatic rings. The van der Waals surface area contributed by atoms with Crippen LogP contribution in [0.1, 0.15) is 24.8 Å². The normalized spacial score (nSPS) is 21.7. The van der Waals surface area contributed by atoms with Gasteiger partial charge in [0.05, 0.1) is 0 Å². The smallest absolute Gasteiger partial charge is 0.0480 e. The Morgan fingerprint density at radius 1 is 0.880 bits per heavy atom. The van der Waals surface area contributed by atoms with Crippen LogP contribution < -0.4 is 5.32 Å². The zero-order valence-electron chi connectivity index (χ0n) is 14.9. The van der Waals surface area contributed by atoms with Gasteiger partial charge in [0.15, 0.2) is 0 Å². The lowest BCUT2D eigenvalue weighted by Gasteiger charge is -2.38. The van der Waals surface area contributed by atoms with E-state index in [0.717, 1.165) is 45.7 Å². The average molecular weight is 336 g/mol. The minimum absolute atomic E-state index is 0.641. The first kappa shape index (κ1) is 16.8. The van der Waals surface area contributed by atoms with Gasteiger partial charge >= 0.3 is 0 Å². The van der Waals surface area contributed by atoms with Crippen molar-refractivity contribution < 1.29 is 4.74 Å². The lowest BCUT2D eigenvalue weighted by molar-refractivity contribution is 0.0160. The van der Waals surface area contributed by atoms with Gasteiger partial charge in [0.2, 0.25) is 0 Å². The van der Waals surface area contributed by atoms with Gasteiger partial charge in [-0.05, 0) is 42.5 Å². The third-order valence-electron chi connectivity index (χ3n) is 5.62. The molecule has 3 heteroatoms. The molecular formula is C22H28N2O. The van der Waals surface area contributed by atoms with E-state index in [-0.39, 0.29) is 0 Å². The molecule has 0 saturated carbocycles. The summed E-state index contributed by atoms with van der Waals surface area (Å²) in [5.41, 5.74) is 4.12. The van der Waals surface area contributed by atoms with Crippen LogP contribution in [0.3, 0.4) is 0 Å². The summed E-state index contributed by atoms with van der Waals surface area (Å²) in [6, 6.07) is 21.0. The summed E-state index contributed by atoms with van der Waals surface area (Å²) in [4.78, 5) is 2.75. The SMILES string of the molecule is c1ccc(-c2ccccc2CN(C2CCOCC2)[C@H]2CCNC2)cc1. The van der Waals surface area contributed by atoms with Crippen molar-refractivity contribution in [2.24, 2.45) is 0 Å². The Morgan fingerprint density at radius 2 is 1.64 bits per heavy atom. The van der Waals surface area contributed by atoms with Crippen LogP contribution in [0.15, 0.2) is 54.6 Å². The number of benzene rings is 2. The molecule has 2 heterocycles. The van der Waals surface area contributed by atoms with Crippen LogP contribution in [0, 0.1) is 0 Å². The fourth-order valence-electron chi connectivity index (χ4n) is 4.25. The summed E-state index contributed by atoms with van der Waals surface area (Å²) in [6.45, 7) is 5.10. The molecule has 0 aromatic heterocycles. The predicted molar refractivity (Wildman–Crippen MR) is 103 cm³/mol. The molecule has 0 radical (unpaired) electrons. The van der Waals surface area contributed by atoms with Crippen LogP contribution in [-0.2, 0) is 11.3 Å². The van der Waals surface area contributed by atoms with Gasteiger partial charge in [-0.1, -0.05) is 54.6 Å². The molecule has 2 aromatic carbocycles. The van der Waals surface area contributed by atoms with Crippen molar-refractivity contribution in [2.45, 2.75) is 37.9 Å². The molecule has 2 saturated heterocycles. The van der Waals surface area contributed by atoms with Crippen LogP contribution in [0.5, 0.6) is 0 Å². The highest BCUT2D eigenvalue weighted by Crippen LogP contribution is 2.28. The third-order valence-corrected chi connectivity index (χ3v) is 5.62. The molecule has 0 spiro atoms. The summed E-state index contributed by atoms with van der Waals surface area (Å²) in [6.07, 6.45) is 3.57. The van der Waals surface area contributed by atoms with Crippen molar-refractivity contribution in [1.29, 1.82) is 0 Å². The van der Waals surface area contributed by atoms with Gasteiger partial charge < -0.3 is 10.1 Å². The second-order valence-electron chi connectivity index (χ2n) is 7.19. The molecular weight excluding hydrogens is 308 g/mol. The summed E-state index contributed by atoms with van der Waals surface area (Å²) in [5, 5.41) is 3.55. The molecule has 2 aliphatic heterocycles. The van der Waals surface area contributed by atoms with Crippen LogP contribution in [0.4, 0.5) is 0 Å². The third kappa shape index (κ3) is 3.95. The average Bonchev–Trinajstić information content (AvgIpc) is 3.22. The summed E-state index contributed by atoms with van der Waals surface area (Å²) >= 11 is 0. The van der Waals surface area contributed by atoms with Crippen molar-refractivity contribution in [1.82, 2.24) is 10.2 Å². The Bertz CT molecular complexity index is 661. The first-order valence-electron chi connectivity index (χ1n) is 9.59. The lowest BCUT2D eigenvalue weighted by atomic mass is 9.97. The van der Waals surface area contributed by atoms with Crippen molar-refractivity contribution in [3.8, 4) is 11.1 Å². The Labute approximate surface area is 151 Å². The quantitative estimate of drug-likeness (QED) is 0.901. The Morgan fingerprint density at radius 3 is 2.40 bits per heavy atom. The van der Waals surface area contributed by atoms with Crippen molar-refractivity contribution in [3.05, 3.63) is 60.2 Å². The molecule has 0 unspecified atom stereocenters. The fourth-order valence-corrected chi connectivity index (χ4v) is 4.25. The standard InChI is InChI=1S/C22H28N2O/c1-2-6-18(7-3-1)22-9-5-4-8-19(22)17-24(21-10-13-23-16-21)20-11-14-25-15-12-20/h1-9,20-21,23H,10-17H2/t21-/m0/s1. The van der Waals surface area contributed by atoms with E-state index in [2.05, 4.69) is 64.8 Å². The zero-order chi connectivity index (χ0) is 16.9. The van der Waals surface area contributed by atoms with E-state index in [9.17, 15) is 0 Å². The second-order valence-corrected chi connectivity index (χ2v) is 7.19. The molecule has 132 valence electrons. The topological polar surface area (TPSA) is 24.5 Å². The van der Waals surface area contributed by atoms with Crippen molar-refractivity contribution >= 4 is 0 Å². The van der Waals surface area contributed by atoms with Gasteiger partial charge in [-0.25, -0.2) is 0 Å². The number of hydrogen-bond acceptors (Lipinski definition) is 3. The molecule has 3 nitrogen and oxygen atoms in total. The first-order valence-corrected chi connectivity index (χ1v) is 9.59. The van der Waals surface area contributed by atoms with E-state index >= 15 is 0 Å². The zero-order valence-corrected chi connectivity index (χ0v) is 14.9. The van der Waals surface area contributed by atoms with E-state index in [4.69, 9.17) is 4.74 Å². The van der Waals surface area contributed by atoms with Gasteiger partial charge in [-0.2, -0.15) is 0 Å². The number of hydrogen-bond donors (Lipinski definition) is 1. The van der Waals surface area contributed by atoms with Gasteiger partial charge in [0.1, 0.15) is 0 Å². The molecule has 4 rings (SSSR count). The molecule has 2 aliphatic rings. The Kier molecular flexibility index (Phi) is 5.46. The largest absolute Gasteiger partial charge is 0.381 e. The maximum absolute atomic E-state index is 5.61. The van der Waals surface area contributed by atoms with E-state index in [1.807, 2.05) is 0 Å². The van der Waals surface area contributed by atoms with Gasteiger partial charge in [-0.3, -0.25) is 4.90 Å². The van der Waals surface area contributed by atoms with Crippen LogP contribution in [0.2, 0.25) is 0 Å². The molecule has 25 heavy (non-hydrogen) atoms. The molecule has 0 bridgehead atoms. The Hall–Kier alpha value is -1.68. The molecule has 2 fully saturated rings. The number of ether oxygens (including phenoxy) is 1. The van der Waals surface area contributed by atoms with Gasteiger partial charge in [0.25, 0.3) is 0 Å². The number of nitrogens with one attached hydrogen (secondary N) is 1. The van der Waals surface area contributed by atoms with Gasteiger partial charge in [0, 0.05) is 38.4 Å². The first-order chi connectivity index (χ1) is 12.4. The molecule has 0 aliphatic carbocycles. The highest BCUT2D eigenvalue weighted by atomic mass is 16.5. The lowest BCUT2D eigenvalue weighted by Crippen LogP contribution is -2.46. The Balaban J connectivity index is 1.61. The minimum atomic E-state index is 0.641. The van der Waals surface area contributed by atoms with E-state index < -0.39 is 0 Å². The van der Waals surface area contributed by atoms with Gasteiger partial charge in [-0.15, -0.1) is 0 Å². The predicted octanol–water partition coefficient (Wildman–Crippen LogP) is 3.70. The van der Waals surface area contributed by atoms with Crippen molar-refractivity contribution in [3.63, 3.8) is 0 Å². The van der Waals surface area contributed by atoms with Crippen LogP contribution in [0.25, 0.3) is 11.1 Å². The van der Waals surface area contributed by atoms with Crippen LogP contribution >= 0.6 is 0 Å². The fraction of sp³-hybridized carbons (Fsp3) is 0.455. The number of nitrogens with zero attached hydrogens (tertiary/aromatic N) is 1. The summed E-state index contributed by atoms with van der Waals surface area (Å²) in [7, 11) is 0. The summed E-state index contributed by atoms with van der Waals surface area (Å²) < 4.78 is 5.61. The molecule has 1 atom stereocenters. The van der Waals surface area contributed by atoms with E-state index in [1.54, 1.807) is 0 Å². The molecule has 0 amide bonds. The van der Waals surface area contributed by atoms with E-state index in [0.29, 0.717) is 12.1 Å². The maximum atomic E-state index is 5.61.